The van der Waals surface area contributed by atoms with Gasteiger partial charge in [0, 0.05) is 13.0 Å². The Bertz CT molecular complexity index is 1670. The van der Waals surface area contributed by atoms with Gasteiger partial charge in [0.15, 0.2) is 48.0 Å². The summed E-state index contributed by atoms with van der Waals surface area (Å²) in [5, 5.41) is 102. The smallest absolute Gasteiger partial charge is 0.331 e. The number of phenolic OH excluding ortho intramolecular Hbond substituents is 4. The van der Waals surface area contributed by atoms with Crippen LogP contribution in [0.1, 0.15) is 25.0 Å². The van der Waals surface area contributed by atoms with Crippen LogP contribution in [0.15, 0.2) is 42.5 Å². The summed E-state index contributed by atoms with van der Waals surface area (Å²) in [7, 11) is 0. The predicted molar refractivity (Wildman–Crippen MR) is 183 cm³/mol. The van der Waals surface area contributed by atoms with Crippen molar-refractivity contribution < 1.29 is 98.5 Å². The second-order valence-electron chi connectivity index (χ2n) is 13.4. The first-order chi connectivity index (χ1) is 26.5. The van der Waals surface area contributed by atoms with Gasteiger partial charge in [0.1, 0.15) is 61.5 Å². The van der Waals surface area contributed by atoms with E-state index in [1.807, 2.05) is 0 Å². The summed E-state index contributed by atoms with van der Waals surface area (Å²) in [4.78, 5) is 25.4. The van der Waals surface area contributed by atoms with Crippen molar-refractivity contribution >= 4 is 18.0 Å². The van der Waals surface area contributed by atoms with Gasteiger partial charge in [-0.3, -0.25) is 4.79 Å². The van der Waals surface area contributed by atoms with E-state index in [4.69, 9.17) is 37.9 Å². The van der Waals surface area contributed by atoms with Crippen LogP contribution in [0.3, 0.4) is 0 Å². The van der Waals surface area contributed by atoms with Crippen molar-refractivity contribution in [3.8, 4) is 23.0 Å². The second-order valence-corrected chi connectivity index (χ2v) is 13.4. The molecule has 3 fully saturated rings. The molecule has 5 rings (SSSR count). The summed E-state index contributed by atoms with van der Waals surface area (Å²) < 4.78 is 46.7. The van der Waals surface area contributed by atoms with Crippen molar-refractivity contribution in [1.82, 2.24) is 0 Å². The van der Waals surface area contributed by atoms with E-state index >= 15 is 0 Å². The molecule has 0 aromatic heterocycles. The normalized spacial score (nSPS) is 34.9. The fourth-order valence-corrected chi connectivity index (χ4v) is 6.12. The summed E-state index contributed by atoms with van der Waals surface area (Å²) in [6.07, 6.45) is -20.8. The maximum Gasteiger partial charge on any atom is 0.331 e. The fourth-order valence-electron chi connectivity index (χ4n) is 6.12. The van der Waals surface area contributed by atoms with Gasteiger partial charge in [0.2, 0.25) is 0 Å². The third-order valence-corrected chi connectivity index (χ3v) is 9.26. The van der Waals surface area contributed by atoms with E-state index in [-0.39, 0.29) is 24.3 Å². The van der Waals surface area contributed by atoms with Gasteiger partial charge in [-0.05, 0) is 54.8 Å². The fraction of sp³-hybridized carbons (Fsp3) is 0.556. The maximum absolute atomic E-state index is 13.4. The minimum Gasteiger partial charge on any atom is -0.504 e. The molecule has 3 aliphatic heterocycles. The lowest BCUT2D eigenvalue weighted by molar-refractivity contribution is -0.385. The highest BCUT2D eigenvalue weighted by molar-refractivity contribution is 5.87. The molecule has 10 N–H and O–H groups in total. The minimum atomic E-state index is -1.91. The van der Waals surface area contributed by atoms with Crippen LogP contribution in [0.25, 0.3) is 6.08 Å². The van der Waals surface area contributed by atoms with Gasteiger partial charge in [-0.2, -0.15) is 0 Å². The number of ether oxygens (including phenoxy) is 8. The van der Waals surface area contributed by atoms with E-state index in [1.165, 1.54) is 43.3 Å². The molecule has 20 heteroatoms. The molecular formula is C36H46O20. The predicted octanol–water partition coefficient (Wildman–Crippen LogP) is -1.98. The number of benzene rings is 2. The SMILES string of the molecule is CC(=O)OC[C@H]1O[C@@H](OCCc2ccc(O)c(O)c2)[C@H](O[C@@H]2OC[C@H](O)[C@H](O)[C@H]2O)[C@@H](O[C@@H]2O[C@@H](C)[C@H](O)[C@@H](O)[C@H]2O)[C@@H]1OC(=O)/C=C/c1ccc(O)c(O)c1. The van der Waals surface area contributed by atoms with Crippen LogP contribution in [-0.4, -0.2) is 169 Å². The molecule has 3 heterocycles. The maximum atomic E-state index is 13.4. The third-order valence-electron chi connectivity index (χ3n) is 9.26. The Balaban J connectivity index is 1.52. The van der Waals surface area contributed by atoms with Crippen LogP contribution < -0.4 is 0 Å². The number of rotatable bonds is 13. The Hall–Kier alpha value is -4.16. The van der Waals surface area contributed by atoms with Gasteiger partial charge < -0.3 is 89.0 Å². The molecule has 14 atom stereocenters. The molecule has 310 valence electrons. The summed E-state index contributed by atoms with van der Waals surface area (Å²) >= 11 is 0. The van der Waals surface area contributed by atoms with Gasteiger partial charge in [-0.1, -0.05) is 12.1 Å². The Morgan fingerprint density at radius 1 is 0.750 bits per heavy atom. The van der Waals surface area contributed by atoms with Crippen LogP contribution in [0.2, 0.25) is 0 Å². The first kappa shape index (κ1) is 43.0. The van der Waals surface area contributed by atoms with Crippen molar-refractivity contribution in [2.75, 3.05) is 19.8 Å². The second kappa shape index (κ2) is 18.9. The number of aliphatic hydroxyl groups is 6. The highest BCUT2D eigenvalue weighted by atomic mass is 16.8. The Morgan fingerprint density at radius 2 is 1.41 bits per heavy atom. The minimum absolute atomic E-state index is 0.0933. The molecule has 2 aromatic carbocycles. The number of hydrogen-bond donors (Lipinski definition) is 10. The van der Waals surface area contributed by atoms with E-state index in [2.05, 4.69) is 0 Å². The topological polar surface area (TPSA) is 310 Å². The lowest BCUT2D eigenvalue weighted by atomic mass is 9.96. The number of esters is 2. The highest BCUT2D eigenvalue weighted by Crippen LogP contribution is 2.35. The van der Waals surface area contributed by atoms with Crippen LogP contribution in [0.5, 0.6) is 23.0 Å². The van der Waals surface area contributed by atoms with Crippen molar-refractivity contribution in [1.29, 1.82) is 0 Å². The first-order valence-corrected chi connectivity index (χ1v) is 17.5. The molecule has 3 saturated heterocycles. The zero-order chi connectivity index (χ0) is 40.8. The highest BCUT2D eigenvalue weighted by Gasteiger charge is 2.55. The molecule has 0 saturated carbocycles. The van der Waals surface area contributed by atoms with Crippen LogP contribution in [-0.2, 0) is 53.9 Å². The molecule has 0 bridgehead atoms. The molecule has 20 nitrogen and oxygen atoms in total. The first-order valence-electron chi connectivity index (χ1n) is 17.5. The van der Waals surface area contributed by atoms with Crippen molar-refractivity contribution in [3.63, 3.8) is 0 Å². The van der Waals surface area contributed by atoms with Crippen molar-refractivity contribution in [2.45, 2.75) is 106 Å². The average molecular weight is 799 g/mol. The summed E-state index contributed by atoms with van der Waals surface area (Å²) in [6.45, 7) is 1.18. The molecule has 56 heavy (non-hydrogen) atoms. The van der Waals surface area contributed by atoms with E-state index in [0.717, 1.165) is 19.1 Å². The summed E-state index contributed by atoms with van der Waals surface area (Å²) in [5.74, 6) is -3.48. The van der Waals surface area contributed by atoms with E-state index in [9.17, 15) is 60.7 Å². The van der Waals surface area contributed by atoms with Gasteiger partial charge >= 0.3 is 11.9 Å². The number of carbonyl (C=O) groups is 2. The molecule has 0 aliphatic carbocycles. The monoisotopic (exact) mass is 798 g/mol. The van der Waals surface area contributed by atoms with Gasteiger partial charge in [0.05, 0.1) is 19.3 Å². The Labute approximate surface area is 319 Å². The van der Waals surface area contributed by atoms with Crippen LogP contribution >= 0.6 is 0 Å². The largest absolute Gasteiger partial charge is 0.504 e. The number of aliphatic hydroxyl groups excluding tert-OH is 6. The molecule has 0 unspecified atom stereocenters. The zero-order valence-corrected chi connectivity index (χ0v) is 30.1. The van der Waals surface area contributed by atoms with Gasteiger partial charge in [-0.15, -0.1) is 0 Å². The van der Waals surface area contributed by atoms with Crippen LogP contribution in [0, 0.1) is 0 Å². The number of phenols is 4. The third kappa shape index (κ3) is 10.4. The molecular weight excluding hydrogens is 752 g/mol. The van der Waals surface area contributed by atoms with E-state index in [1.54, 1.807) is 0 Å². The van der Waals surface area contributed by atoms with Crippen molar-refractivity contribution in [3.05, 3.63) is 53.6 Å². The van der Waals surface area contributed by atoms with Gasteiger partial charge in [0.25, 0.3) is 0 Å². The van der Waals surface area contributed by atoms with Crippen LogP contribution in [0.4, 0.5) is 0 Å². The Kier molecular flexibility index (Phi) is 14.5. The van der Waals surface area contributed by atoms with E-state index < -0.39 is 128 Å². The van der Waals surface area contributed by atoms with Gasteiger partial charge in [-0.25, -0.2) is 4.79 Å². The summed E-state index contributed by atoms with van der Waals surface area (Å²) in [5.41, 5.74) is 0.768. The standard InChI is InChI=1S/C36H46O20/c1-15-26(44)28(46)30(48)35(52-15)55-32-31(54-25(43)8-5-17-3-6-19(38)21(40)11-17)24(14-50-16(2)37)53-36(49-10-9-18-4-7-20(39)22(41)12-18)33(32)56-34-29(47)27(45)23(42)13-51-34/h3-8,11-12,15,23-24,26-36,38-42,44-48H,9-10,13-14H2,1-2H3/b8-5+/t15-,23-,24+,26-,27-,28+,29+,30+,31+,32-,33+,34-,35-,36+/m0/s1. The number of hydrogen-bond acceptors (Lipinski definition) is 20. The molecule has 2 aromatic rings. The lowest BCUT2D eigenvalue weighted by Crippen LogP contribution is -2.67. The Morgan fingerprint density at radius 3 is 2.09 bits per heavy atom. The molecule has 0 radical (unpaired) electrons. The quantitative estimate of drug-likeness (QED) is 0.0596. The average Bonchev–Trinajstić information content (AvgIpc) is 3.16. The van der Waals surface area contributed by atoms with Crippen molar-refractivity contribution in [2.24, 2.45) is 0 Å². The summed E-state index contributed by atoms with van der Waals surface area (Å²) in [6, 6.07) is 7.77. The molecule has 0 spiro atoms. The van der Waals surface area contributed by atoms with E-state index in [0.29, 0.717) is 5.56 Å². The zero-order valence-electron chi connectivity index (χ0n) is 30.1. The number of aromatic hydroxyl groups is 4. The molecule has 0 amide bonds. The number of carbonyl (C=O) groups excluding carboxylic acids is 2. The molecule has 3 aliphatic rings. The lowest BCUT2D eigenvalue weighted by Gasteiger charge is -2.49.